The molecule has 0 radical (unpaired) electrons. The number of amides is 1. The van der Waals surface area contributed by atoms with E-state index in [9.17, 15) is 14.4 Å². The van der Waals surface area contributed by atoms with Crippen molar-refractivity contribution in [1.29, 1.82) is 0 Å². The summed E-state index contributed by atoms with van der Waals surface area (Å²) in [5.74, 6) is -0.372. The smallest absolute Gasteiger partial charge is 0.329 e. The van der Waals surface area contributed by atoms with Crippen molar-refractivity contribution in [1.82, 2.24) is 14.9 Å². The Balaban J connectivity index is 2.01. The number of H-pyrrole nitrogens is 1. The Morgan fingerprint density at radius 3 is 2.57 bits per heavy atom. The van der Waals surface area contributed by atoms with Crippen LogP contribution in [0.1, 0.15) is 18.0 Å². The number of nitrogens with zero attached hydrogens (tertiary/aromatic N) is 1. The van der Waals surface area contributed by atoms with Gasteiger partial charge in [-0.1, -0.05) is 42.5 Å². The summed E-state index contributed by atoms with van der Waals surface area (Å²) < 4.78 is 6.00. The van der Waals surface area contributed by atoms with Gasteiger partial charge >= 0.3 is 5.69 Å². The van der Waals surface area contributed by atoms with Crippen LogP contribution >= 0.6 is 0 Å². The second-order valence-corrected chi connectivity index (χ2v) is 6.49. The summed E-state index contributed by atoms with van der Waals surface area (Å²) in [5, 5.41) is 3.18. The molecule has 0 bridgehead atoms. The SMILES string of the molecule is COCCCNC(=O)C(Cc1ccccc1)n1c(=O)[nH]c2ccccc2c1=O. The lowest BCUT2D eigenvalue weighted by Gasteiger charge is -2.19. The third-order valence-corrected chi connectivity index (χ3v) is 4.55. The highest BCUT2D eigenvalue weighted by atomic mass is 16.5. The summed E-state index contributed by atoms with van der Waals surface area (Å²) in [6.07, 6.45) is 0.877. The number of aromatic nitrogens is 2. The van der Waals surface area contributed by atoms with E-state index in [1.54, 1.807) is 31.4 Å². The Kier molecular flexibility index (Phi) is 6.39. The number of benzene rings is 2. The summed E-state index contributed by atoms with van der Waals surface area (Å²) in [6.45, 7) is 0.915. The molecule has 0 aliphatic heterocycles. The molecule has 1 unspecified atom stereocenters. The Hall–Kier alpha value is -3.19. The lowest BCUT2D eigenvalue weighted by molar-refractivity contribution is -0.124. The van der Waals surface area contributed by atoms with Crippen molar-refractivity contribution >= 4 is 16.8 Å². The molecule has 2 N–H and O–H groups in total. The van der Waals surface area contributed by atoms with E-state index in [1.165, 1.54) is 0 Å². The normalized spacial score (nSPS) is 12.0. The van der Waals surface area contributed by atoms with Gasteiger partial charge in [-0.3, -0.25) is 9.59 Å². The first-order valence-electron chi connectivity index (χ1n) is 9.16. The number of methoxy groups -OCH3 is 1. The maximum absolute atomic E-state index is 13.0. The van der Waals surface area contributed by atoms with E-state index in [-0.39, 0.29) is 12.3 Å². The van der Waals surface area contributed by atoms with Gasteiger partial charge in [0.05, 0.1) is 10.9 Å². The average Bonchev–Trinajstić information content (AvgIpc) is 2.71. The number of hydrogen-bond acceptors (Lipinski definition) is 4. The number of nitrogens with one attached hydrogen (secondary N) is 2. The minimum absolute atomic E-state index is 0.234. The molecule has 1 heterocycles. The Morgan fingerprint density at radius 2 is 1.82 bits per heavy atom. The van der Waals surface area contributed by atoms with Crippen LogP contribution in [0.5, 0.6) is 0 Å². The molecule has 28 heavy (non-hydrogen) atoms. The van der Waals surface area contributed by atoms with E-state index in [0.717, 1.165) is 10.1 Å². The van der Waals surface area contributed by atoms with Gasteiger partial charge in [-0.15, -0.1) is 0 Å². The predicted molar refractivity (Wildman–Crippen MR) is 108 cm³/mol. The van der Waals surface area contributed by atoms with Crippen LogP contribution in [0.25, 0.3) is 10.9 Å². The monoisotopic (exact) mass is 381 g/mol. The molecule has 1 atom stereocenters. The molecule has 7 nitrogen and oxygen atoms in total. The second-order valence-electron chi connectivity index (χ2n) is 6.49. The van der Waals surface area contributed by atoms with Crippen LogP contribution in [0.3, 0.4) is 0 Å². The number of rotatable bonds is 8. The number of hydrogen-bond donors (Lipinski definition) is 2. The number of fused-ring (bicyclic) bond motifs is 1. The summed E-state index contributed by atoms with van der Waals surface area (Å²) in [5.41, 5.74) is 0.232. The van der Waals surface area contributed by atoms with Gasteiger partial charge in [0.15, 0.2) is 0 Å². The van der Waals surface area contributed by atoms with E-state index >= 15 is 0 Å². The Bertz CT molecular complexity index is 1060. The molecular formula is C21H23N3O4. The van der Waals surface area contributed by atoms with Gasteiger partial charge in [0.25, 0.3) is 5.56 Å². The van der Waals surface area contributed by atoms with Crippen LogP contribution in [0.2, 0.25) is 0 Å². The van der Waals surface area contributed by atoms with E-state index in [4.69, 9.17) is 4.74 Å². The van der Waals surface area contributed by atoms with Crippen LogP contribution < -0.4 is 16.6 Å². The molecule has 3 rings (SSSR count). The molecule has 146 valence electrons. The van der Waals surface area contributed by atoms with Crippen molar-refractivity contribution in [2.24, 2.45) is 0 Å². The molecule has 0 spiro atoms. The van der Waals surface area contributed by atoms with Crippen molar-refractivity contribution in [2.75, 3.05) is 20.3 Å². The maximum atomic E-state index is 13.0. The van der Waals surface area contributed by atoms with Gasteiger partial charge < -0.3 is 15.0 Å². The molecule has 0 saturated carbocycles. The maximum Gasteiger partial charge on any atom is 0.329 e. The molecule has 2 aromatic carbocycles. The Labute approximate surface area is 162 Å². The van der Waals surface area contributed by atoms with Gasteiger partial charge in [0.2, 0.25) is 5.91 Å². The molecule has 0 fully saturated rings. The first kappa shape index (κ1) is 19.6. The van der Waals surface area contributed by atoms with Crippen molar-refractivity contribution in [3.05, 3.63) is 81.0 Å². The lowest BCUT2D eigenvalue weighted by atomic mass is 10.0. The van der Waals surface area contributed by atoms with E-state index in [2.05, 4.69) is 10.3 Å². The van der Waals surface area contributed by atoms with Crippen molar-refractivity contribution in [3.8, 4) is 0 Å². The fourth-order valence-corrected chi connectivity index (χ4v) is 3.14. The van der Waals surface area contributed by atoms with Gasteiger partial charge in [0.1, 0.15) is 6.04 Å². The minimum atomic E-state index is -0.953. The first-order valence-corrected chi connectivity index (χ1v) is 9.16. The largest absolute Gasteiger partial charge is 0.385 e. The zero-order valence-electron chi connectivity index (χ0n) is 15.7. The van der Waals surface area contributed by atoms with Crippen LogP contribution in [-0.2, 0) is 16.0 Å². The predicted octanol–water partition coefficient (Wildman–Crippen LogP) is 1.63. The lowest BCUT2D eigenvalue weighted by Crippen LogP contribution is -2.45. The third kappa shape index (κ3) is 4.37. The van der Waals surface area contributed by atoms with E-state index in [1.807, 2.05) is 30.3 Å². The van der Waals surface area contributed by atoms with E-state index in [0.29, 0.717) is 30.5 Å². The average molecular weight is 381 g/mol. The second kappa shape index (κ2) is 9.14. The topological polar surface area (TPSA) is 93.2 Å². The first-order chi connectivity index (χ1) is 13.6. The summed E-state index contributed by atoms with van der Waals surface area (Å²) >= 11 is 0. The fraction of sp³-hybridized carbons (Fsp3) is 0.286. The zero-order chi connectivity index (χ0) is 19.9. The van der Waals surface area contributed by atoms with Crippen molar-refractivity contribution < 1.29 is 9.53 Å². The number of carbonyl (C=O) groups is 1. The number of ether oxygens (including phenoxy) is 1. The van der Waals surface area contributed by atoms with Crippen molar-refractivity contribution in [2.45, 2.75) is 18.9 Å². The molecular weight excluding hydrogens is 358 g/mol. The van der Waals surface area contributed by atoms with Gasteiger partial charge in [-0.05, 0) is 24.1 Å². The fourth-order valence-electron chi connectivity index (χ4n) is 3.14. The molecule has 1 amide bonds. The van der Waals surface area contributed by atoms with Crippen LogP contribution in [0, 0.1) is 0 Å². The Morgan fingerprint density at radius 1 is 1.11 bits per heavy atom. The zero-order valence-corrected chi connectivity index (χ0v) is 15.7. The van der Waals surface area contributed by atoms with E-state index < -0.39 is 17.3 Å². The van der Waals surface area contributed by atoms with Gasteiger partial charge in [0, 0.05) is 26.7 Å². The summed E-state index contributed by atoms with van der Waals surface area (Å²) in [7, 11) is 1.59. The molecule has 3 aromatic rings. The van der Waals surface area contributed by atoms with Crippen LogP contribution in [0.4, 0.5) is 0 Å². The standard InChI is InChI=1S/C21H23N3O4/c1-28-13-7-12-22-19(25)18(14-15-8-3-2-4-9-15)24-20(26)16-10-5-6-11-17(16)23-21(24)27/h2-6,8-11,18H,7,12-14H2,1H3,(H,22,25)(H,23,27). The number of para-hydroxylation sites is 1. The highest BCUT2D eigenvalue weighted by molar-refractivity contribution is 5.82. The van der Waals surface area contributed by atoms with Gasteiger partial charge in [-0.25, -0.2) is 9.36 Å². The summed E-state index contributed by atoms with van der Waals surface area (Å²) in [6, 6.07) is 15.1. The third-order valence-electron chi connectivity index (χ3n) is 4.55. The molecule has 0 aliphatic carbocycles. The molecule has 0 saturated heterocycles. The highest BCUT2D eigenvalue weighted by Gasteiger charge is 2.25. The number of carbonyl (C=O) groups excluding carboxylic acids is 1. The molecule has 7 heteroatoms. The molecule has 1 aromatic heterocycles. The van der Waals surface area contributed by atoms with Crippen LogP contribution in [0.15, 0.2) is 64.2 Å². The minimum Gasteiger partial charge on any atom is -0.385 e. The molecule has 0 aliphatic rings. The quantitative estimate of drug-likeness (QED) is 0.580. The van der Waals surface area contributed by atoms with Crippen molar-refractivity contribution in [3.63, 3.8) is 0 Å². The summed E-state index contributed by atoms with van der Waals surface area (Å²) in [4.78, 5) is 41.3. The van der Waals surface area contributed by atoms with Crippen LogP contribution in [-0.4, -0.2) is 35.7 Å². The van der Waals surface area contributed by atoms with Gasteiger partial charge in [-0.2, -0.15) is 0 Å². The number of aromatic amines is 1. The highest BCUT2D eigenvalue weighted by Crippen LogP contribution is 2.13.